The highest BCUT2D eigenvalue weighted by atomic mass is 19.1. The van der Waals surface area contributed by atoms with Gasteiger partial charge in [-0.25, -0.2) is 14.2 Å². The van der Waals surface area contributed by atoms with Crippen molar-refractivity contribution in [3.05, 3.63) is 53.1 Å². The summed E-state index contributed by atoms with van der Waals surface area (Å²) >= 11 is 0. The van der Waals surface area contributed by atoms with Crippen molar-refractivity contribution in [2.75, 3.05) is 5.32 Å². The Morgan fingerprint density at radius 3 is 2.82 bits per heavy atom. The Bertz CT molecular complexity index is 1200. The van der Waals surface area contributed by atoms with Gasteiger partial charge in [0.1, 0.15) is 11.4 Å². The van der Waals surface area contributed by atoms with Gasteiger partial charge >= 0.3 is 6.03 Å². The number of amides is 2. The number of aromatic amines is 1. The molecule has 2 bridgehead atoms. The summed E-state index contributed by atoms with van der Waals surface area (Å²) in [4.78, 5) is 21.9. The predicted molar refractivity (Wildman–Crippen MR) is 131 cm³/mol. The van der Waals surface area contributed by atoms with Gasteiger partial charge in [0.2, 0.25) is 5.90 Å². The van der Waals surface area contributed by atoms with Gasteiger partial charge < -0.3 is 19.9 Å². The van der Waals surface area contributed by atoms with E-state index in [4.69, 9.17) is 21.0 Å². The summed E-state index contributed by atoms with van der Waals surface area (Å²) < 4.78 is 20.1. The first-order valence-corrected chi connectivity index (χ1v) is 11.1. The van der Waals surface area contributed by atoms with Crippen LogP contribution in [0.5, 0.6) is 0 Å². The number of hydrogen-bond donors (Lipinski definition) is 5. The molecular formula is C24H30FN7O2. The van der Waals surface area contributed by atoms with E-state index >= 15 is 0 Å². The van der Waals surface area contributed by atoms with E-state index < -0.39 is 17.4 Å². The van der Waals surface area contributed by atoms with Crippen LogP contribution < -0.4 is 5.32 Å². The molecule has 3 atom stereocenters. The molecule has 10 heteroatoms. The largest absolute Gasteiger partial charge is 0.428 e. The number of fused-ring (bicyclic) bond motifs is 2. The van der Waals surface area contributed by atoms with Gasteiger partial charge in [-0.3, -0.25) is 16.2 Å². The van der Waals surface area contributed by atoms with Crippen LogP contribution in [0.1, 0.15) is 51.4 Å². The number of piperidine rings is 1. The molecular weight excluding hydrogens is 437 g/mol. The number of amidine groups is 1. The number of nitrogens with zero attached hydrogens (tertiary/aromatic N) is 2. The Labute approximate surface area is 198 Å². The Morgan fingerprint density at radius 2 is 2.15 bits per heavy atom. The highest BCUT2D eigenvalue weighted by Gasteiger charge is 2.62. The topological polar surface area (TPSA) is 141 Å². The molecule has 2 aliphatic rings. The Hall–Kier alpha value is -3.82. The maximum atomic E-state index is 14.8. The van der Waals surface area contributed by atoms with Crippen molar-refractivity contribution >= 4 is 35.6 Å². The molecule has 1 aromatic heterocycles. The molecule has 1 saturated heterocycles. The van der Waals surface area contributed by atoms with E-state index in [0.29, 0.717) is 29.9 Å². The fraction of sp³-hybridized carbons (Fsp3) is 0.375. The van der Waals surface area contributed by atoms with Crippen LogP contribution in [0.2, 0.25) is 0 Å². The second-order valence-electron chi connectivity index (χ2n) is 9.10. The van der Waals surface area contributed by atoms with Crippen LogP contribution in [0.4, 0.5) is 14.9 Å². The number of aromatic nitrogens is 1. The van der Waals surface area contributed by atoms with Crippen molar-refractivity contribution in [3.63, 3.8) is 0 Å². The summed E-state index contributed by atoms with van der Waals surface area (Å²) in [7, 11) is 0. The van der Waals surface area contributed by atoms with Crippen LogP contribution in [-0.2, 0) is 4.74 Å². The molecule has 1 saturated carbocycles. The SMILES string of the molecule is CC(=N)OC(=N)C12CC(C[C@H](C)C1)N2C(=O)Nc1cc(C(=N)N=Cc2ccc[nH]2)c(C)cc1F.[HH]. The first kappa shape index (κ1) is 23.3. The zero-order chi connectivity index (χ0) is 24.6. The van der Waals surface area contributed by atoms with E-state index in [9.17, 15) is 9.18 Å². The molecule has 0 radical (unpaired) electrons. The minimum absolute atomic E-state index is 0. The number of benzene rings is 1. The highest BCUT2D eigenvalue weighted by Crippen LogP contribution is 2.50. The molecule has 34 heavy (non-hydrogen) atoms. The number of ether oxygens (including phenoxy) is 1. The molecule has 180 valence electrons. The second-order valence-corrected chi connectivity index (χ2v) is 9.10. The number of aryl methyl sites for hydroxylation is 1. The molecule has 1 aliphatic heterocycles. The van der Waals surface area contributed by atoms with Crippen molar-refractivity contribution < 1.29 is 15.3 Å². The van der Waals surface area contributed by atoms with Crippen LogP contribution in [0, 0.1) is 34.9 Å². The number of rotatable bonds is 4. The lowest BCUT2D eigenvalue weighted by Crippen LogP contribution is -2.75. The van der Waals surface area contributed by atoms with Gasteiger partial charge in [0.15, 0.2) is 11.7 Å². The average Bonchev–Trinajstić information content (AvgIpc) is 3.26. The summed E-state index contributed by atoms with van der Waals surface area (Å²) in [5.74, 6) is -0.646. The molecule has 2 amide bonds. The number of nitrogens with one attached hydrogen (secondary N) is 5. The number of hydrogen-bond acceptors (Lipinski definition) is 5. The number of urea groups is 1. The lowest BCUT2D eigenvalue weighted by atomic mass is 9.64. The fourth-order valence-corrected chi connectivity index (χ4v) is 5.04. The van der Waals surface area contributed by atoms with Crippen LogP contribution in [0.3, 0.4) is 0 Å². The van der Waals surface area contributed by atoms with Gasteiger partial charge in [-0.1, -0.05) is 6.92 Å². The first-order chi connectivity index (χ1) is 16.1. The summed E-state index contributed by atoms with van der Waals surface area (Å²) in [6.07, 6.45) is 5.16. The molecule has 4 rings (SSSR count). The van der Waals surface area contributed by atoms with Gasteiger partial charge in [0.25, 0.3) is 0 Å². The van der Waals surface area contributed by atoms with Crippen molar-refractivity contribution in [1.29, 1.82) is 16.2 Å². The number of aliphatic imine (C=N–C) groups is 1. The molecule has 2 unspecified atom stereocenters. The Kier molecular flexibility index (Phi) is 6.07. The van der Waals surface area contributed by atoms with Crippen LogP contribution in [0.15, 0.2) is 35.5 Å². The summed E-state index contributed by atoms with van der Waals surface area (Å²) in [6, 6.07) is 5.67. The molecule has 1 aliphatic carbocycles. The van der Waals surface area contributed by atoms with Crippen molar-refractivity contribution in [2.45, 2.75) is 51.6 Å². The monoisotopic (exact) mass is 467 g/mol. The molecule has 5 N–H and O–H groups in total. The minimum Gasteiger partial charge on any atom is -0.428 e. The van der Waals surface area contributed by atoms with E-state index in [1.165, 1.54) is 25.3 Å². The van der Waals surface area contributed by atoms with E-state index in [1.54, 1.807) is 18.0 Å². The van der Waals surface area contributed by atoms with E-state index in [2.05, 4.69) is 22.2 Å². The third-order valence-corrected chi connectivity index (χ3v) is 6.42. The van der Waals surface area contributed by atoms with E-state index in [-0.39, 0.29) is 30.8 Å². The predicted octanol–water partition coefficient (Wildman–Crippen LogP) is 4.92. The number of halogens is 1. The number of carbonyl (C=O) groups excluding carboxylic acids is 1. The summed E-state index contributed by atoms with van der Waals surface area (Å²) in [6.45, 7) is 5.18. The Balaban J connectivity index is 0.00000342. The zero-order valence-corrected chi connectivity index (χ0v) is 19.3. The molecule has 0 spiro atoms. The van der Waals surface area contributed by atoms with Gasteiger partial charge in [0.05, 0.1) is 17.6 Å². The Morgan fingerprint density at radius 1 is 1.38 bits per heavy atom. The second kappa shape index (κ2) is 8.85. The van der Waals surface area contributed by atoms with E-state index in [0.717, 1.165) is 12.1 Å². The van der Waals surface area contributed by atoms with E-state index in [1.807, 2.05) is 12.1 Å². The molecule has 2 heterocycles. The van der Waals surface area contributed by atoms with Crippen LogP contribution >= 0.6 is 0 Å². The normalized spacial score (nSPS) is 23.4. The highest BCUT2D eigenvalue weighted by molar-refractivity contribution is 6.05. The van der Waals surface area contributed by atoms with Crippen molar-refractivity contribution in [2.24, 2.45) is 10.9 Å². The average molecular weight is 468 g/mol. The molecule has 1 aromatic carbocycles. The third kappa shape index (κ3) is 4.23. The smallest absolute Gasteiger partial charge is 0.323 e. The third-order valence-electron chi connectivity index (χ3n) is 6.42. The maximum Gasteiger partial charge on any atom is 0.323 e. The number of anilines is 1. The van der Waals surface area contributed by atoms with Crippen molar-refractivity contribution in [3.8, 4) is 0 Å². The molecule has 9 nitrogen and oxygen atoms in total. The van der Waals surface area contributed by atoms with Crippen molar-refractivity contribution in [1.82, 2.24) is 9.88 Å². The van der Waals surface area contributed by atoms with Gasteiger partial charge in [0, 0.05) is 32.6 Å². The number of likely N-dealkylation sites (tertiary alicyclic amines) is 1. The summed E-state index contributed by atoms with van der Waals surface area (Å²) in [5, 5.41) is 26.9. The quantitative estimate of drug-likeness (QED) is 0.322. The number of H-pyrrole nitrogens is 1. The number of carbonyl (C=O) groups is 1. The lowest BCUT2D eigenvalue weighted by molar-refractivity contribution is -0.0539. The standard InChI is InChI=1S/C24H28FN7O2.H2/c1-13-7-17-11-24(10-13,22(28)34-15(3)26)32(17)23(33)31-20-9-18(14(2)8-19(20)25)21(27)30-12-16-5-4-6-29-16;/h4-6,8-9,12-13,17,26-29H,7,10-11H2,1-3H3,(H,31,33);1H/t13-,17?,24?;/m0./s1. The maximum absolute atomic E-state index is 14.8. The first-order valence-electron chi connectivity index (χ1n) is 11.1. The van der Waals surface area contributed by atoms with Gasteiger partial charge in [-0.2, -0.15) is 0 Å². The van der Waals surface area contributed by atoms with Crippen LogP contribution in [-0.4, -0.2) is 51.3 Å². The zero-order valence-electron chi connectivity index (χ0n) is 19.3. The van der Waals surface area contributed by atoms with Gasteiger partial charge in [-0.15, -0.1) is 0 Å². The van der Waals surface area contributed by atoms with Crippen LogP contribution in [0.25, 0.3) is 0 Å². The molecule has 2 aromatic rings. The minimum atomic E-state index is -0.939. The summed E-state index contributed by atoms with van der Waals surface area (Å²) in [5.41, 5.74) is 0.640. The molecule has 2 fully saturated rings. The fourth-order valence-electron chi connectivity index (χ4n) is 5.04. The lowest BCUT2D eigenvalue weighted by Gasteiger charge is -2.62. The van der Waals surface area contributed by atoms with Gasteiger partial charge in [-0.05, 0) is 55.5 Å².